The number of carboxylic acids is 1. The van der Waals surface area contributed by atoms with Gasteiger partial charge in [-0.05, 0) is 86.6 Å². The minimum Gasteiger partial charge on any atom is -0.508 e. The van der Waals surface area contributed by atoms with E-state index < -0.39 is 83.7 Å². The molecule has 1 aliphatic rings. The highest BCUT2D eigenvalue weighted by atomic mass is 16.4. The first-order chi connectivity index (χ1) is 29.5. The molecule has 4 rings (SSSR count). The van der Waals surface area contributed by atoms with Gasteiger partial charge in [0.2, 0.25) is 29.5 Å². The Labute approximate surface area is 363 Å². The Morgan fingerprint density at radius 3 is 1.98 bits per heavy atom. The van der Waals surface area contributed by atoms with Crippen LogP contribution in [0.5, 0.6) is 5.75 Å². The van der Waals surface area contributed by atoms with E-state index in [0.717, 1.165) is 21.6 Å². The van der Waals surface area contributed by atoms with E-state index in [2.05, 4.69) is 26.6 Å². The number of benzene rings is 3. The first kappa shape index (κ1) is 48.2. The summed E-state index contributed by atoms with van der Waals surface area (Å²) in [6.45, 7) is 5.15. The molecule has 0 radical (unpaired) electrons. The molecule has 7 N–H and O–H groups in total. The van der Waals surface area contributed by atoms with Crippen LogP contribution in [-0.2, 0) is 48.0 Å². The summed E-state index contributed by atoms with van der Waals surface area (Å²) in [4.78, 5) is 98.2. The van der Waals surface area contributed by atoms with E-state index >= 15 is 0 Å². The maximum Gasteiger partial charge on any atom is 0.326 e. The Morgan fingerprint density at radius 2 is 1.37 bits per heavy atom. The highest BCUT2D eigenvalue weighted by molar-refractivity contribution is 5.96. The summed E-state index contributed by atoms with van der Waals surface area (Å²) < 4.78 is 0. The van der Waals surface area contributed by atoms with Crippen LogP contribution in [0.1, 0.15) is 69.6 Å². The van der Waals surface area contributed by atoms with Crippen molar-refractivity contribution in [3.63, 3.8) is 0 Å². The lowest BCUT2D eigenvalue weighted by Crippen LogP contribution is -2.60. The second kappa shape index (κ2) is 23.5. The van der Waals surface area contributed by atoms with Crippen LogP contribution in [0.3, 0.4) is 0 Å². The van der Waals surface area contributed by atoms with Gasteiger partial charge in [0.05, 0.1) is 0 Å². The van der Waals surface area contributed by atoms with Crippen molar-refractivity contribution in [1.29, 1.82) is 0 Å². The van der Waals surface area contributed by atoms with Gasteiger partial charge in [-0.25, -0.2) is 9.59 Å². The van der Waals surface area contributed by atoms with Crippen LogP contribution in [-0.4, -0.2) is 118 Å². The fourth-order valence-corrected chi connectivity index (χ4v) is 7.15. The van der Waals surface area contributed by atoms with Gasteiger partial charge in [0, 0.05) is 27.1 Å². The van der Waals surface area contributed by atoms with Crippen molar-refractivity contribution >= 4 is 41.5 Å². The lowest BCUT2D eigenvalue weighted by molar-refractivity contribution is -0.142. The fourth-order valence-electron chi connectivity index (χ4n) is 7.15. The van der Waals surface area contributed by atoms with Gasteiger partial charge in [-0.15, -0.1) is 0 Å². The molecule has 16 nitrogen and oxygen atoms in total. The van der Waals surface area contributed by atoms with Crippen molar-refractivity contribution in [3.8, 4) is 5.75 Å². The number of rotatable bonds is 12. The van der Waals surface area contributed by atoms with Gasteiger partial charge in [-0.3, -0.25) is 24.0 Å². The lowest BCUT2D eigenvalue weighted by atomic mass is 9.99. The number of phenols is 1. The number of nitrogens with one attached hydrogen (secondary N) is 5. The molecule has 1 aliphatic heterocycles. The van der Waals surface area contributed by atoms with E-state index in [4.69, 9.17) is 0 Å². The number of carbonyl (C=O) groups excluding carboxylic acids is 6. The third kappa shape index (κ3) is 14.3. The topological polar surface area (TPSA) is 227 Å². The molecule has 1 saturated heterocycles. The maximum atomic E-state index is 14.2. The van der Waals surface area contributed by atoms with Crippen molar-refractivity contribution < 1.29 is 43.8 Å². The van der Waals surface area contributed by atoms with Crippen LogP contribution in [0.2, 0.25) is 0 Å². The highest BCUT2D eigenvalue weighted by Gasteiger charge is 2.36. The molecular weight excluding hydrogens is 795 g/mol. The Kier molecular flexibility index (Phi) is 18.3. The van der Waals surface area contributed by atoms with E-state index in [9.17, 15) is 43.8 Å². The van der Waals surface area contributed by atoms with Crippen molar-refractivity contribution in [2.45, 2.75) is 108 Å². The summed E-state index contributed by atoms with van der Waals surface area (Å²) >= 11 is 0. The summed E-state index contributed by atoms with van der Waals surface area (Å²) in [7, 11) is 2.78. The van der Waals surface area contributed by atoms with Crippen LogP contribution < -0.4 is 26.6 Å². The molecule has 1 heterocycles. The highest BCUT2D eigenvalue weighted by Crippen LogP contribution is 2.16. The molecule has 0 spiro atoms. The number of aromatic hydroxyl groups is 1. The summed E-state index contributed by atoms with van der Waals surface area (Å²) in [5.74, 6) is -4.59. The second-order valence-corrected chi connectivity index (χ2v) is 16.2. The minimum atomic E-state index is -1.27. The van der Waals surface area contributed by atoms with Crippen LogP contribution in [0.4, 0.5) is 4.79 Å². The molecule has 3 aromatic rings. The molecule has 0 unspecified atom stereocenters. The largest absolute Gasteiger partial charge is 0.508 e. The number of carboxylic acid groups (broad SMARTS) is 1. The molecule has 1 fully saturated rings. The van der Waals surface area contributed by atoms with E-state index in [1.54, 1.807) is 32.9 Å². The Balaban J connectivity index is 1.62. The Bertz CT molecular complexity index is 1980. The number of nitrogens with zero attached hydrogens (tertiary/aromatic N) is 2. The average Bonchev–Trinajstić information content (AvgIpc) is 3.25. The standard InChI is InChI=1S/C46H61N7O9/c1-29(2)39-43(58)48-36(25-21-31-14-8-6-9-15-31)44(59)52(4)30(3)40(55)49-37(28-33-16-10-7-11-17-33)41(56)47-27-13-12-18-35(42(57)51-39)50-46(62)53(5)38(45(60)61)26-22-32-19-23-34(54)24-20-32/h6-11,14-17,19-20,23-24,29-30,35-39,54H,12-13,18,21-22,25-28H2,1-5H3,(H,47,56)(H,48,58)(H,49,55)(H,50,62)(H,51,57)(H,60,61)/t30-,35+,36-,37-,38-,39-/m0/s1. The molecule has 0 bridgehead atoms. The van der Waals surface area contributed by atoms with E-state index in [1.807, 2.05) is 60.7 Å². The normalized spacial score (nSPS) is 21.5. The van der Waals surface area contributed by atoms with Crippen molar-refractivity contribution in [2.75, 3.05) is 20.6 Å². The third-order valence-electron chi connectivity index (χ3n) is 11.2. The Morgan fingerprint density at radius 1 is 0.774 bits per heavy atom. The molecule has 334 valence electrons. The number of hydrogen-bond acceptors (Lipinski definition) is 8. The number of aliphatic carboxylic acids is 1. The van der Waals surface area contributed by atoms with Crippen LogP contribution in [0, 0.1) is 5.92 Å². The van der Waals surface area contributed by atoms with Crippen molar-refractivity contribution in [2.24, 2.45) is 5.92 Å². The van der Waals surface area contributed by atoms with Gasteiger partial charge < -0.3 is 46.6 Å². The first-order valence-corrected chi connectivity index (χ1v) is 21.1. The number of phenolic OH excluding ortho intramolecular Hbond substituents is 1. The molecule has 0 aliphatic carbocycles. The lowest BCUT2D eigenvalue weighted by Gasteiger charge is -2.32. The number of carbonyl (C=O) groups is 7. The van der Waals surface area contributed by atoms with Gasteiger partial charge in [0.25, 0.3) is 0 Å². The molecule has 0 aromatic heterocycles. The molecule has 62 heavy (non-hydrogen) atoms. The zero-order chi connectivity index (χ0) is 45.3. The summed E-state index contributed by atoms with van der Waals surface area (Å²) in [6.07, 6.45) is 1.80. The maximum absolute atomic E-state index is 14.2. The Hall–Kier alpha value is -6.45. The molecule has 3 aromatic carbocycles. The molecular formula is C46H61N7O9. The van der Waals surface area contributed by atoms with Crippen molar-refractivity contribution in [1.82, 2.24) is 36.4 Å². The monoisotopic (exact) mass is 855 g/mol. The van der Waals surface area contributed by atoms with Crippen LogP contribution in [0.25, 0.3) is 0 Å². The minimum absolute atomic E-state index is 0.0417. The predicted molar refractivity (Wildman–Crippen MR) is 233 cm³/mol. The van der Waals surface area contributed by atoms with Gasteiger partial charge in [-0.2, -0.15) is 0 Å². The van der Waals surface area contributed by atoms with Gasteiger partial charge in [0.15, 0.2) is 0 Å². The quantitative estimate of drug-likeness (QED) is 0.142. The SMILES string of the molecule is CC(C)[C@@H]1NC(=O)[C@H](NC(=O)N(C)[C@@H](CCc2ccc(O)cc2)C(=O)O)CCCCNC(=O)[C@H](Cc2ccccc2)NC(=O)[C@H](C)N(C)C(=O)[C@H](CCc2ccccc2)NC1=O. The fraction of sp³-hybridized carbons (Fsp3) is 0.457. The molecule has 16 heteroatoms. The van der Waals surface area contributed by atoms with Gasteiger partial charge >= 0.3 is 12.0 Å². The van der Waals surface area contributed by atoms with E-state index in [0.29, 0.717) is 19.3 Å². The molecule has 6 atom stereocenters. The van der Waals surface area contributed by atoms with Gasteiger partial charge in [0.1, 0.15) is 42.0 Å². The smallest absolute Gasteiger partial charge is 0.326 e. The zero-order valence-corrected chi connectivity index (χ0v) is 36.1. The number of hydrogen-bond donors (Lipinski definition) is 7. The third-order valence-corrected chi connectivity index (χ3v) is 11.2. The second-order valence-electron chi connectivity index (χ2n) is 16.2. The van der Waals surface area contributed by atoms with Crippen LogP contribution >= 0.6 is 0 Å². The van der Waals surface area contributed by atoms with Gasteiger partial charge in [-0.1, -0.05) is 86.6 Å². The molecule has 7 amide bonds. The summed E-state index contributed by atoms with van der Waals surface area (Å²) in [5.41, 5.74) is 2.47. The van der Waals surface area contributed by atoms with Crippen molar-refractivity contribution in [3.05, 3.63) is 102 Å². The summed E-state index contributed by atoms with van der Waals surface area (Å²) in [5, 5.41) is 33.7. The number of urea groups is 1. The molecule has 0 saturated carbocycles. The number of amides is 7. The number of aryl methyl sites for hydroxylation is 2. The number of likely N-dealkylation sites (N-methyl/N-ethyl adjacent to an activating group) is 2. The predicted octanol–water partition coefficient (Wildman–Crippen LogP) is 2.92. The average molecular weight is 856 g/mol. The van der Waals surface area contributed by atoms with E-state index in [1.165, 1.54) is 31.1 Å². The van der Waals surface area contributed by atoms with Crippen LogP contribution in [0.15, 0.2) is 84.9 Å². The summed E-state index contributed by atoms with van der Waals surface area (Å²) in [6, 6.07) is 17.2. The zero-order valence-electron chi connectivity index (χ0n) is 36.1. The first-order valence-electron chi connectivity index (χ1n) is 21.1. The van der Waals surface area contributed by atoms with E-state index in [-0.39, 0.29) is 44.4 Å².